The van der Waals surface area contributed by atoms with Crippen LogP contribution in [0.1, 0.15) is 30.1 Å². The van der Waals surface area contributed by atoms with E-state index >= 15 is 0 Å². The van der Waals surface area contributed by atoms with Crippen LogP contribution < -0.4 is 16.6 Å². The van der Waals surface area contributed by atoms with Gasteiger partial charge in [0.1, 0.15) is 11.2 Å². The number of fused-ring (bicyclic) bond motifs is 1. The first-order valence-electron chi connectivity index (χ1n) is 7.04. The lowest BCUT2D eigenvalue weighted by atomic mass is 9.95. The van der Waals surface area contributed by atoms with E-state index in [9.17, 15) is 9.59 Å². The van der Waals surface area contributed by atoms with Crippen molar-refractivity contribution in [1.29, 1.82) is 0 Å². The van der Waals surface area contributed by atoms with Gasteiger partial charge in [0.25, 0.3) is 11.5 Å². The molecule has 2 aromatic heterocycles. The van der Waals surface area contributed by atoms with E-state index in [0.29, 0.717) is 18.1 Å². The molecule has 1 unspecified atom stereocenters. The van der Waals surface area contributed by atoms with Crippen LogP contribution in [0.3, 0.4) is 0 Å². The monoisotopic (exact) mass is 322 g/mol. The fourth-order valence-electron chi connectivity index (χ4n) is 2.55. The lowest BCUT2D eigenvalue weighted by molar-refractivity contribution is 0.0895. The summed E-state index contributed by atoms with van der Waals surface area (Å²) in [5.74, 6) is -0.0202. The van der Waals surface area contributed by atoms with Crippen molar-refractivity contribution in [3.8, 4) is 0 Å². The highest BCUT2D eigenvalue weighted by atomic mass is 35.5. The summed E-state index contributed by atoms with van der Waals surface area (Å²) in [6.07, 6.45) is 5.05. The summed E-state index contributed by atoms with van der Waals surface area (Å²) >= 11 is 0. The number of amides is 1. The second-order valence-corrected chi connectivity index (χ2v) is 5.76. The van der Waals surface area contributed by atoms with E-state index in [-0.39, 0.29) is 23.5 Å². The van der Waals surface area contributed by atoms with Gasteiger partial charge in [-0.3, -0.25) is 14.0 Å². The summed E-state index contributed by atoms with van der Waals surface area (Å²) in [4.78, 5) is 28.9. The van der Waals surface area contributed by atoms with Crippen molar-refractivity contribution in [2.75, 3.05) is 6.54 Å². The second-order valence-electron chi connectivity index (χ2n) is 5.76. The highest BCUT2D eigenvalue weighted by Gasteiger charge is 2.41. The molecule has 0 aliphatic heterocycles. The summed E-state index contributed by atoms with van der Waals surface area (Å²) in [6.45, 7) is 2.28. The number of carbonyl (C=O) groups is 1. The number of nitrogens with zero attached hydrogens (tertiary/aromatic N) is 2. The van der Waals surface area contributed by atoms with Crippen molar-refractivity contribution in [3.05, 3.63) is 46.5 Å². The average molecular weight is 323 g/mol. The van der Waals surface area contributed by atoms with E-state index < -0.39 is 11.4 Å². The van der Waals surface area contributed by atoms with E-state index in [1.807, 2.05) is 6.92 Å². The summed E-state index contributed by atoms with van der Waals surface area (Å²) in [6, 6.07) is 5.24. The Kier molecular flexibility index (Phi) is 4.53. The Balaban J connectivity index is 0.00000176. The van der Waals surface area contributed by atoms with Gasteiger partial charge >= 0.3 is 0 Å². The van der Waals surface area contributed by atoms with Gasteiger partial charge in [-0.2, -0.15) is 0 Å². The molecule has 1 saturated carbocycles. The Morgan fingerprint density at radius 1 is 1.50 bits per heavy atom. The number of aromatic nitrogens is 2. The molecule has 2 heterocycles. The lowest BCUT2D eigenvalue weighted by Crippen LogP contribution is -2.54. The molecule has 0 radical (unpaired) electrons. The molecule has 3 rings (SSSR count). The standard InChI is InChI=1S/C15H18N4O2.ClH/c1-15(9-16,10-5-6-10)18-13(20)11-8-17-12-4-2-3-7-19(12)14(11)21;/h2-4,7-8,10H,5-6,9,16H2,1H3,(H,18,20);1H. The zero-order valence-electron chi connectivity index (χ0n) is 12.3. The van der Waals surface area contributed by atoms with Crippen molar-refractivity contribution < 1.29 is 4.79 Å². The fraction of sp³-hybridized carbons (Fsp3) is 0.400. The molecule has 6 nitrogen and oxygen atoms in total. The molecular weight excluding hydrogens is 304 g/mol. The Labute approximate surface area is 134 Å². The van der Waals surface area contributed by atoms with E-state index in [1.165, 1.54) is 10.6 Å². The van der Waals surface area contributed by atoms with Crippen LogP contribution in [0.4, 0.5) is 0 Å². The number of rotatable bonds is 4. The maximum Gasteiger partial charge on any atom is 0.270 e. The smallest absolute Gasteiger partial charge is 0.270 e. The van der Waals surface area contributed by atoms with E-state index in [1.54, 1.807) is 24.4 Å². The summed E-state index contributed by atoms with van der Waals surface area (Å²) < 4.78 is 1.37. The van der Waals surface area contributed by atoms with E-state index in [2.05, 4.69) is 10.3 Å². The third kappa shape index (κ3) is 2.84. The predicted molar refractivity (Wildman–Crippen MR) is 86.4 cm³/mol. The van der Waals surface area contributed by atoms with Crippen LogP contribution in [0.5, 0.6) is 0 Å². The van der Waals surface area contributed by atoms with Crippen LogP contribution in [0.2, 0.25) is 0 Å². The molecule has 1 aliphatic carbocycles. The number of hydrogen-bond acceptors (Lipinski definition) is 4. The van der Waals surface area contributed by atoms with Gasteiger partial charge in [0.05, 0.1) is 5.54 Å². The van der Waals surface area contributed by atoms with Crippen molar-refractivity contribution in [3.63, 3.8) is 0 Å². The van der Waals surface area contributed by atoms with Crippen molar-refractivity contribution in [2.45, 2.75) is 25.3 Å². The van der Waals surface area contributed by atoms with Gasteiger partial charge in [0.2, 0.25) is 0 Å². The average Bonchev–Trinajstić information content (AvgIpc) is 3.32. The molecule has 1 atom stereocenters. The van der Waals surface area contributed by atoms with Crippen molar-refractivity contribution in [2.24, 2.45) is 11.7 Å². The van der Waals surface area contributed by atoms with Crippen LogP contribution in [-0.2, 0) is 0 Å². The molecule has 1 aliphatic rings. The quantitative estimate of drug-likeness (QED) is 0.878. The summed E-state index contributed by atoms with van der Waals surface area (Å²) in [5.41, 5.74) is 5.52. The normalized spacial score (nSPS) is 16.6. The number of nitrogens with two attached hydrogens (primary N) is 1. The molecule has 2 aromatic rings. The zero-order valence-corrected chi connectivity index (χ0v) is 13.1. The molecule has 22 heavy (non-hydrogen) atoms. The Hall–Kier alpha value is -1.92. The molecule has 3 N–H and O–H groups in total. The number of hydrogen-bond donors (Lipinski definition) is 2. The van der Waals surface area contributed by atoms with Crippen LogP contribution >= 0.6 is 12.4 Å². The zero-order chi connectivity index (χ0) is 15.0. The van der Waals surface area contributed by atoms with Crippen LogP contribution in [0.15, 0.2) is 35.4 Å². The maximum atomic E-state index is 12.4. The molecule has 1 fully saturated rings. The Morgan fingerprint density at radius 2 is 2.23 bits per heavy atom. The minimum Gasteiger partial charge on any atom is -0.345 e. The number of halogens is 1. The van der Waals surface area contributed by atoms with Crippen LogP contribution in [0, 0.1) is 5.92 Å². The van der Waals surface area contributed by atoms with Gasteiger partial charge in [0.15, 0.2) is 0 Å². The first-order valence-corrected chi connectivity index (χ1v) is 7.04. The van der Waals surface area contributed by atoms with Gasteiger partial charge in [-0.15, -0.1) is 12.4 Å². The first kappa shape index (κ1) is 16.5. The first-order chi connectivity index (χ1) is 10.0. The molecule has 0 saturated heterocycles. The van der Waals surface area contributed by atoms with Crippen molar-refractivity contribution in [1.82, 2.24) is 14.7 Å². The summed E-state index contributed by atoms with van der Waals surface area (Å²) in [7, 11) is 0. The van der Waals surface area contributed by atoms with E-state index in [0.717, 1.165) is 12.8 Å². The molecule has 7 heteroatoms. The van der Waals surface area contributed by atoms with Gasteiger partial charge < -0.3 is 11.1 Å². The van der Waals surface area contributed by atoms with Gasteiger partial charge in [-0.05, 0) is 37.8 Å². The topological polar surface area (TPSA) is 89.5 Å². The second kappa shape index (κ2) is 6.06. The predicted octanol–water partition coefficient (Wildman–Crippen LogP) is 0.973. The molecule has 118 valence electrons. The molecule has 0 bridgehead atoms. The molecule has 0 aromatic carbocycles. The highest BCUT2D eigenvalue weighted by Crippen LogP contribution is 2.39. The van der Waals surface area contributed by atoms with Gasteiger partial charge in [0, 0.05) is 18.9 Å². The number of nitrogens with one attached hydrogen (secondary N) is 1. The highest BCUT2D eigenvalue weighted by molar-refractivity contribution is 5.94. The fourth-order valence-corrected chi connectivity index (χ4v) is 2.55. The molecular formula is C15H19ClN4O2. The van der Waals surface area contributed by atoms with Gasteiger partial charge in [-0.25, -0.2) is 4.98 Å². The van der Waals surface area contributed by atoms with E-state index in [4.69, 9.17) is 5.73 Å². The SMILES string of the molecule is CC(CN)(NC(=O)c1cnc2ccccn2c1=O)C1CC1.Cl. The molecule has 1 amide bonds. The number of pyridine rings is 1. The van der Waals surface area contributed by atoms with Crippen molar-refractivity contribution >= 4 is 24.0 Å². The largest absolute Gasteiger partial charge is 0.345 e. The summed E-state index contributed by atoms with van der Waals surface area (Å²) in [5, 5.41) is 2.91. The third-order valence-corrected chi connectivity index (χ3v) is 4.16. The lowest BCUT2D eigenvalue weighted by Gasteiger charge is -2.29. The Morgan fingerprint density at radius 3 is 2.86 bits per heavy atom. The van der Waals surface area contributed by atoms with Crippen LogP contribution in [0.25, 0.3) is 5.65 Å². The molecule has 0 spiro atoms. The third-order valence-electron chi connectivity index (χ3n) is 4.16. The maximum absolute atomic E-state index is 12.4. The van der Waals surface area contributed by atoms with Gasteiger partial charge in [-0.1, -0.05) is 6.07 Å². The minimum absolute atomic E-state index is 0. The van der Waals surface area contributed by atoms with Crippen LogP contribution in [-0.4, -0.2) is 27.4 Å². The minimum atomic E-state index is -0.458. The number of carbonyl (C=O) groups excluding carboxylic acids is 1. The Bertz CT molecular complexity index is 757.